The van der Waals surface area contributed by atoms with Gasteiger partial charge in [0.15, 0.2) is 0 Å². The van der Waals surface area contributed by atoms with Gasteiger partial charge < -0.3 is 0 Å². The Morgan fingerprint density at radius 2 is 2.46 bits per heavy atom. The molecule has 4 heteroatoms. The highest BCUT2D eigenvalue weighted by atomic mass is 79.9. The number of hydrogen-bond donors (Lipinski definition) is 0. The minimum absolute atomic E-state index is 0.0904. The van der Waals surface area contributed by atoms with Gasteiger partial charge in [-0.1, -0.05) is 22.9 Å². The van der Waals surface area contributed by atoms with Gasteiger partial charge in [-0.25, -0.2) is 0 Å². The van der Waals surface area contributed by atoms with Crippen LogP contribution in [0.2, 0.25) is 0 Å². The number of carbonyl (C=O) groups is 1. The van der Waals surface area contributed by atoms with Crippen LogP contribution in [0.1, 0.15) is 19.0 Å². The third kappa shape index (κ3) is 2.95. The third-order valence-corrected chi connectivity index (χ3v) is 2.69. The van der Waals surface area contributed by atoms with Crippen molar-refractivity contribution in [3.63, 3.8) is 0 Å². The maximum atomic E-state index is 11.2. The highest BCUT2D eigenvalue weighted by Gasteiger charge is 2.14. The molecule has 1 heterocycles. The maximum absolute atomic E-state index is 11.2. The second-order valence-electron chi connectivity index (χ2n) is 2.97. The number of ketones is 1. The number of carbonyl (C=O) groups excluding carboxylic acids is 1. The fraction of sp³-hybridized carbons (Fsp3) is 0.556. The van der Waals surface area contributed by atoms with E-state index in [9.17, 15) is 4.79 Å². The van der Waals surface area contributed by atoms with Crippen molar-refractivity contribution < 1.29 is 4.79 Å². The molecule has 3 nitrogen and oxygen atoms in total. The largest absolute Gasteiger partial charge is 0.298 e. The number of hydrogen-bond acceptors (Lipinski definition) is 2. The van der Waals surface area contributed by atoms with Crippen molar-refractivity contribution in [1.82, 2.24) is 9.78 Å². The first kappa shape index (κ1) is 10.4. The standard InChI is InChI=1S/C9H13BrN2O/c1-3-9(13)8(10)6-7-4-5-12(2)11-7/h4-5,8H,3,6H2,1-2H3. The molecule has 1 aromatic heterocycles. The van der Waals surface area contributed by atoms with Gasteiger partial charge in [0.1, 0.15) is 5.78 Å². The summed E-state index contributed by atoms with van der Waals surface area (Å²) in [5, 5.41) is 4.20. The number of rotatable bonds is 4. The first-order valence-electron chi connectivity index (χ1n) is 4.28. The Kier molecular flexibility index (Phi) is 3.66. The Morgan fingerprint density at radius 1 is 1.77 bits per heavy atom. The molecule has 0 aliphatic heterocycles. The molecular formula is C9H13BrN2O. The van der Waals surface area contributed by atoms with Gasteiger partial charge in [0.25, 0.3) is 0 Å². The van der Waals surface area contributed by atoms with Gasteiger partial charge in [-0.15, -0.1) is 0 Å². The minimum Gasteiger partial charge on any atom is -0.298 e. The van der Waals surface area contributed by atoms with Crippen LogP contribution in [0.5, 0.6) is 0 Å². The Balaban J connectivity index is 2.54. The normalized spacial score (nSPS) is 12.8. The van der Waals surface area contributed by atoms with Crippen molar-refractivity contribution in [2.24, 2.45) is 7.05 Å². The molecule has 0 N–H and O–H groups in total. The van der Waals surface area contributed by atoms with Crippen molar-refractivity contribution in [1.29, 1.82) is 0 Å². The van der Waals surface area contributed by atoms with Crippen LogP contribution in [0, 0.1) is 0 Å². The highest BCUT2D eigenvalue weighted by Crippen LogP contribution is 2.10. The van der Waals surface area contributed by atoms with Gasteiger partial charge in [0.05, 0.1) is 10.5 Å². The first-order valence-corrected chi connectivity index (χ1v) is 5.20. The molecule has 0 fully saturated rings. The highest BCUT2D eigenvalue weighted by molar-refractivity contribution is 9.10. The van der Waals surface area contributed by atoms with Gasteiger partial charge >= 0.3 is 0 Å². The summed E-state index contributed by atoms with van der Waals surface area (Å²) >= 11 is 3.35. The van der Waals surface area contributed by atoms with E-state index in [4.69, 9.17) is 0 Å². The quantitative estimate of drug-likeness (QED) is 0.757. The lowest BCUT2D eigenvalue weighted by atomic mass is 10.1. The molecule has 0 aromatic carbocycles. The number of alkyl halides is 1. The fourth-order valence-electron chi connectivity index (χ4n) is 1.09. The van der Waals surface area contributed by atoms with Crippen LogP contribution in [0.4, 0.5) is 0 Å². The molecule has 0 saturated carbocycles. The Hall–Kier alpha value is -0.640. The first-order chi connectivity index (χ1) is 6.13. The smallest absolute Gasteiger partial charge is 0.146 e. The lowest BCUT2D eigenvalue weighted by Gasteiger charge is -2.03. The van der Waals surface area contributed by atoms with Gasteiger partial charge in [0, 0.05) is 26.1 Å². The van der Waals surface area contributed by atoms with Crippen LogP contribution < -0.4 is 0 Å². The van der Waals surface area contributed by atoms with Gasteiger partial charge in [0.2, 0.25) is 0 Å². The predicted molar refractivity (Wildman–Crippen MR) is 54.9 cm³/mol. The second kappa shape index (κ2) is 4.56. The summed E-state index contributed by atoms with van der Waals surface area (Å²) in [6, 6.07) is 1.93. The van der Waals surface area contributed by atoms with Crippen molar-refractivity contribution >= 4 is 21.7 Å². The molecule has 1 atom stereocenters. The summed E-state index contributed by atoms with van der Waals surface area (Å²) < 4.78 is 1.74. The summed E-state index contributed by atoms with van der Waals surface area (Å²) in [5.41, 5.74) is 0.950. The van der Waals surface area contributed by atoms with Crippen molar-refractivity contribution in [3.05, 3.63) is 18.0 Å². The summed E-state index contributed by atoms with van der Waals surface area (Å²) in [6.07, 6.45) is 3.13. The number of aryl methyl sites for hydroxylation is 1. The summed E-state index contributed by atoms with van der Waals surface area (Å²) in [6.45, 7) is 1.87. The molecule has 1 unspecified atom stereocenters. The van der Waals surface area contributed by atoms with Gasteiger partial charge in [-0.3, -0.25) is 9.48 Å². The molecular weight excluding hydrogens is 232 g/mol. The van der Waals surface area contributed by atoms with Crippen molar-refractivity contribution in [3.8, 4) is 0 Å². The zero-order chi connectivity index (χ0) is 9.84. The van der Waals surface area contributed by atoms with E-state index in [0.29, 0.717) is 12.8 Å². The lowest BCUT2D eigenvalue weighted by molar-refractivity contribution is -0.118. The zero-order valence-electron chi connectivity index (χ0n) is 7.83. The van der Waals surface area contributed by atoms with E-state index in [1.165, 1.54) is 0 Å². The Labute approximate surface area is 86.3 Å². The maximum Gasteiger partial charge on any atom is 0.146 e. The number of nitrogens with zero attached hydrogens (tertiary/aromatic N) is 2. The predicted octanol–water partition coefficient (Wildman–Crippen LogP) is 1.71. The van der Waals surface area contributed by atoms with E-state index in [0.717, 1.165) is 5.69 Å². The summed E-state index contributed by atoms with van der Waals surface area (Å²) in [4.78, 5) is 11.2. The number of halogens is 1. The van der Waals surface area contributed by atoms with E-state index < -0.39 is 0 Å². The van der Waals surface area contributed by atoms with Crippen LogP contribution >= 0.6 is 15.9 Å². The Morgan fingerprint density at radius 3 is 2.92 bits per heavy atom. The summed E-state index contributed by atoms with van der Waals surface area (Å²) in [7, 11) is 1.87. The minimum atomic E-state index is -0.0904. The van der Waals surface area contributed by atoms with Crippen molar-refractivity contribution in [2.45, 2.75) is 24.6 Å². The fourth-order valence-corrected chi connectivity index (χ4v) is 1.75. The molecule has 0 radical (unpaired) electrons. The van der Waals surface area contributed by atoms with Crippen LogP contribution in [0.15, 0.2) is 12.3 Å². The number of Topliss-reactive ketones (excluding diaryl/α,β-unsaturated/α-hetero) is 1. The van der Waals surface area contributed by atoms with Crippen molar-refractivity contribution in [2.75, 3.05) is 0 Å². The molecule has 1 rings (SSSR count). The van der Waals surface area contributed by atoms with Gasteiger partial charge in [-0.05, 0) is 6.07 Å². The molecule has 0 amide bonds. The third-order valence-electron chi connectivity index (χ3n) is 1.86. The molecule has 72 valence electrons. The molecule has 13 heavy (non-hydrogen) atoms. The van der Waals surface area contributed by atoms with E-state index in [1.54, 1.807) is 4.68 Å². The van der Waals surface area contributed by atoms with E-state index in [2.05, 4.69) is 21.0 Å². The summed E-state index contributed by atoms with van der Waals surface area (Å²) in [5.74, 6) is 0.227. The van der Waals surface area contributed by atoms with Gasteiger partial charge in [-0.2, -0.15) is 5.10 Å². The SMILES string of the molecule is CCC(=O)C(Br)Cc1ccn(C)n1. The van der Waals surface area contributed by atoms with Crippen LogP contribution in [-0.2, 0) is 18.3 Å². The van der Waals surface area contributed by atoms with E-state index >= 15 is 0 Å². The zero-order valence-corrected chi connectivity index (χ0v) is 9.41. The van der Waals surface area contributed by atoms with Crippen LogP contribution in [0.25, 0.3) is 0 Å². The average molecular weight is 245 g/mol. The van der Waals surface area contributed by atoms with E-state index in [1.807, 2.05) is 26.2 Å². The molecule has 0 bridgehead atoms. The molecule has 0 aliphatic rings. The molecule has 1 aromatic rings. The molecule has 0 saturated heterocycles. The Bertz CT molecular complexity index is 296. The van der Waals surface area contributed by atoms with Crippen LogP contribution in [0.3, 0.4) is 0 Å². The number of aromatic nitrogens is 2. The van der Waals surface area contributed by atoms with Crippen LogP contribution in [-0.4, -0.2) is 20.4 Å². The van der Waals surface area contributed by atoms with E-state index in [-0.39, 0.29) is 10.6 Å². The molecule has 0 aliphatic carbocycles. The monoisotopic (exact) mass is 244 g/mol. The second-order valence-corrected chi connectivity index (χ2v) is 4.08. The lowest BCUT2D eigenvalue weighted by Crippen LogP contribution is -2.15. The average Bonchev–Trinajstić information content (AvgIpc) is 2.49. The molecule has 0 spiro atoms. The topological polar surface area (TPSA) is 34.9 Å².